The van der Waals surface area contributed by atoms with Gasteiger partial charge < -0.3 is 20.6 Å². The number of aryl methyl sites for hydroxylation is 1. The van der Waals surface area contributed by atoms with Gasteiger partial charge in [-0.3, -0.25) is 4.68 Å². The zero-order valence-electron chi connectivity index (χ0n) is 15.6. The van der Waals surface area contributed by atoms with E-state index in [9.17, 15) is 13.9 Å². The lowest BCUT2D eigenvalue weighted by molar-refractivity contribution is 0.161. The first-order valence-corrected chi connectivity index (χ1v) is 10.1. The largest absolute Gasteiger partial charge is 0.393 e. The van der Waals surface area contributed by atoms with Crippen molar-refractivity contribution in [3.63, 3.8) is 0 Å². The third kappa shape index (κ3) is 3.44. The van der Waals surface area contributed by atoms with Crippen LogP contribution in [0.3, 0.4) is 0 Å². The average Bonchev–Trinajstić information content (AvgIpc) is 3.13. The van der Waals surface area contributed by atoms with Gasteiger partial charge in [0.05, 0.1) is 22.9 Å². The third-order valence-electron chi connectivity index (χ3n) is 5.18. The minimum absolute atomic E-state index is 0.0229. The number of nitrogens with two attached hydrogens (primary N) is 1. The summed E-state index contributed by atoms with van der Waals surface area (Å²) in [4.78, 5) is 3.95. The summed E-state index contributed by atoms with van der Waals surface area (Å²) in [6, 6.07) is 3.87. The summed E-state index contributed by atoms with van der Waals surface area (Å²) in [5, 5.41) is 14.2. The first-order chi connectivity index (χ1) is 13.5. The van der Waals surface area contributed by atoms with E-state index in [4.69, 9.17) is 5.73 Å². The van der Waals surface area contributed by atoms with Gasteiger partial charge in [0.25, 0.3) is 0 Å². The second-order valence-corrected chi connectivity index (χ2v) is 8.25. The highest BCUT2D eigenvalue weighted by atomic mass is 32.2. The van der Waals surface area contributed by atoms with Gasteiger partial charge in [-0.05, 0) is 31.4 Å². The fraction of sp³-hybridized carbons (Fsp3) is 0.421. The number of halogens is 2. The lowest BCUT2D eigenvalue weighted by Gasteiger charge is -2.29. The van der Waals surface area contributed by atoms with Crippen molar-refractivity contribution in [2.45, 2.75) is 30.7 Å². The van der Waals surface area contributed by atoms with Crippen LogP contribution in [0.25, 0.3) is 0 Å². The molecule has 150 valence electrons. The van der Waals surface area contributed by atoms with Crippen LogP contribution in [0.2, 0.25) is 0 Å². The second kappa shape index (κ2) is 7.63. The van der Waals surface area contributed by atoms with Crippen LogP contribution in [0.5, 0.6) is 0 Å². The third-order valence-corrected chi connectivity index (χ3v) is 6.24. The molecule has 2 aliphatic heterocycles. The molecule has 9 heteroatoms. The molecular weight excluding hydrogens is 384 g/mol. The summed E-state index contributed by atoms with van der Waals surface area (Å²) in [5.41, 5.74) is 6.75. The standard InChI is InChI=1S/C19H23F2N5OS/c1-24-18(25-8-3-4-12(27)7-9-25)15(10-23-24)26-11-16(22)28-19(26)17-13(20)5-2-6-14(17)21/h2,5-6,10-12,19,27H,3-4,7-9,22H2,1H3. The predicted octanol–water partition coefficient (Wildman–Crippen LogP) is 3.06. The van der Waals surface area contributed by atoms with Gasteiger partial charge in [0, 0.05) is 26.3 Å². The number of anilines is 2. The maximum atomic E-state index is 14.5. The molecule has 0 spiro atoms. The lowest BCUT2D eigenvalue weighted by atomic mass is 10.1. The molecule has 0 amide bonds. The summed E-state index contributed by atoms with van der Waals surface area (Å²) in [6.07, 6.45) is 5.39. The molecule has 1 fully saturated rings. The van der Waals surface area contributed by atoms with Crippen molar-refractivity contribution < 1.29 is 13.9 Å². The number of hydrogen-bond donors (Lipinski definition) is 2. The molecule has 0 aliphatic carbocycles. The first-order valence-electron chi connectivity index (χ1n) is 9.27. The Hall–Kier alpha value is -2.26. The maximum Gasteiger partial charge on any atom is 0.150 e. The van der Waals surface area contributed by atoms with E-state index in [1.165, 1.54) is 30.0 Å². The van der Waals surface area contributed by atoms with Crippen LogP contribution in [0, 0.1) is 11.6 Å². The van der Waals surface area contributed by atoms with Crippen molar-refractivity contribution in [3.05, 3.63) is 52.8 Å². The second-order valence-electron chi connectivity index (χ2n) is 7.09. The number of hydrogen-bond acceptors (Lipinski definition) is 6. The van der Waals surface area contributed by atoms with Crippen LogP contribution in [-0.2, 0) is 7.05 Å². The van der Waals surface area contributed by atoms with Crippen molar-refractivity contribution in [2.75, 3.05) is 22.9 Å². The number of rotatable bonds is 3. The van der Waals surface area contributed by atoms with E-state index in [1.807, 2.05) is 7.05 Å². The topological polar surface area (TPSA) is 70.5 Å². The molecule has 2 aliphatic rings. The van der Waals surface area contributed by atoms with Crippen LogP contribution < -0.4 is 15.5 Å². The minimum atomic E-state index is -0.651. The van der Waals surface area contributed by atoms with E-state index in [-0.39, 0.29) is 11.7 Å². The Morgan fingerprint density at radius 1 is 1.21 bits per heavy atom. The average molecular weight is 407 g/mol. The number of aliphatic hydroxyl groups excluding tert-OH is 1. The molecule has 2 atom stereocenters. The number of aliphatic hydroxyl groups is 1. The van der Waals surface area contributed by atoms with E-state index in [0.29, 0.717) is 18.0 Å². The van der Waals surface area contributed by atoms with Crippen molar-refractivity contribution in [1.82, 2.24) is 9.78 Å². The van der Waals surface area contributed by atoms with Crippen LogP contribution >= 0.6 is 11.8 Å². The van der Waals surface area contributed by atoms with Crippen LogP contribution in [-0.4, -0.2) is 34.1 Å². The van der Waals surface area contributed by atoms with Gasteiger partial charge in [-0.2, -0.15) is 5.10 Å². The Labute approximate surface area is 166 Å². The quantitative estimate of drug-likeness (QED) is 0.815. The van der Waals surface area contributed by atoms with E-state index < -0.39 is 17.0 Å². The monoisotopic (exact) mass is 407 g/mol. The summed E-state index contributed by atoms with van der Waals surface area (Å²) in [5.74, 6) is -0.356. The number of aromatic nitrogens is 2. The molecule has 4 rings (SSSR count). The van der Waals surface area contributed by atoms with E-state index in [0.717, 1.165) is 30.9 Å². The van der Waals surface area contributed by atoms with Crippen molar-refractivity contribution in [1.29, 1.82) is 0 Å². The molecule has 1 aromatic carbocycles. The van der Waals surface area contributed by atoms with Gasteiger partial charge >= 0.3 is 0 Å². The molecule has 0 radical (unpaired) electrons. The summed E-state index contributed by atoms with van der Waals surface area (Å²) in [7, 11) is 1.84. The Morgan fingerprint density at radius 2 is 1.96 bits per heavy atom. The van der Waals surface area contributed by atoms with Gasteiger partial charge in [-0.1, -0.05) is 17.8 Å². The highest BCUT2D eigenvalue weighted by Crippen LogP contribution is 2.48. The fourth-order valence-corrected chi connectivity index (χ4v) is 4.88. The molecule has 3 heterocycles. The van der Waals surface area contributed by atoms with Gasteiger partial charge in [0.15, 0.2) is 5.82 Å². The normalized spacial score (nSPS) is 23.1. The highest BCUT2D eigenvalue weighted by molar-refractivity contribution is 8.03. The van der Waals surface area contributed by atoms with Crippen LogP contribution in [0.1, 0.15) is 30.2 Å². The SMILES string of the molecule is Cn1ncc(N2C=C(N)SC2c2c(F)cccc2F)c1N1CCCC(O)CC1. The van der Waals surface area contributed by atoms with E-state index >= 15 is 0 Å². The molecule has 3 N–H and O–H groups in total. The van der Waals surface area contributed by atoms with Gasteiger partial charge in [-0.15, -0.1) is 0 Å². The Balaban J connectivity index is 1.74. The van der Waals surface area contributed by atoms with Crippen molar-refractivity contribution in [3.8, 4) is 0 Å². The van der Waals surface area contributed by atoms with Crippen LogP contribution in [0.15, 0.2) is 35.6 Å². The molecule has 1 aromatic heterocycles. The number of nitrogens with zero attached hydrogens (tertiary/aromatic N) is 4. The Kier molecular flexibility index (Phi) is 5.20. The molecule has 6 nitrogen and oxygen atoms in total. The predicted molar refractivity (Wildman–Crippen MR) is 107 cm³/mol. The van der Waals surface area contributed by atoms with Crippen molar-refractivity contribution >= 4 is 23.3 Å². The number of benzene rings is 1. The highest BCUT2D eigenvalue weighted by Gasteiger charge is 2.35. The summed E-state index contributed by atoms with van der Waals surface area (Å²) < 4.78 is 30.7. The molecule has 2 aromatic rings. The summed E-state index contributed by atoms with van der Waals surface area (Å²) >= 11 is 1.21. The molecule has 1 saturated heterocycles. The number of thioether (sulfide) groups is 1. The molecule has 2 unspecified atom stereocenters. The Bertz CT molecular complexity index is 882. The summed E-state index contributed by atoms with van der Waals surface area (Å²) in [6.45, 7) is 1.47. The zero-order chi connectivity index (χ0) is 19.8. The fourth-order valence-electron chi connectivity index (χ4n) is 3.82. The van der Waals surface area contributed by atoms with Gasteiger partial charge in [0.1, 0.15) is 22.7 Å². The first kappa shape index (κ1) is 19.1. The maximum absolute atomic E-state index is 14.5. The molecular formula is C19H23F2N5OS. The molecule has 28 heavy (non-hydrogen) atoms. The smallest absolute Gasteiger partial charge is 0.150 e. The molecule has 0 saturated carbocycles. The van der Waals surface area contributed by atoms with Crippen molar-refractivity contribution in [2.24, 2.45) is 12.8 Å². The van der Waals surface area contributed by atoms with Gasteiger partial charge in [0.2, 0.25) is 0 Å². The Morgan fingerprint density at radius 3 is 2.71 bits per heavy atom. The van der Waals surface area contributed by atoms with E-state index in [2.05, 4.69) is 10.00 Å². The van der Waals surface area contributed by atoms with E-state index in [1.54, 1.807) is 22.0 Å². The lowest BCUT2D eigenvalue weighted by Crippen LogP contribution is -2.29. The van der Waals surface area contributed by atoms with Gasteiger partial charge in [-0.25, -0.2) is 8.78 Å². The minimum Gasteiger partial charge on any atom is -0.393 e. The van der Waals surface area contributed by atoms with Crippen LogP contribution in [0.4, 0.5) is 20.3 Å². The zero-order valence-corrected chi connectivity index (χ0v) is 16.4. The molecule has 0 bridgehead atoms.